The van der Waals surface area contributed by atoms with E-state index in [1.807, 2.05) is 17.9 Å². The normalized spacial score (nSPS) is 16.8. The molecule has 2 aromatic carbocycles. The number of pyridine rings is 1. The zero-order valence-electron chi connectivity index (χ0n) is 31.8. The number of benzene rings is 2. The maximum absolute atomic E-state index is 13.3. The van der Waals surface area contributed by atoms with Crippen molar-refractivity contribution < 1.29 is 61.5 Å². The van der Waals surface area contributed by atoms with E-state index in [0.717, 1.165) is 0 Å². The Morgan fingerprint density at radius 3 is 1.88 bits per heavy atom. The van der Waals surface area contributed by atoms with Crippen LogP contribution in [0.1, 0.15) is 52.7 Å². The maximum atomic E-state index is 13.3. The summed E-state index contributed by atoms with van der Waals surface area (Å²) >= 11 is 1.27. The fourth-order valence-electron chi connectivity index (χ4n) is 6.79. The number of hydrogen-bond donors (Lipinski definition) is 6. The van der Waals surface area contributed by atoms with Crippen molar-refractivity contribution in [3.05, 3.63) is 88.7 Å². The third-order valence-corrected chi connectivity index (χ3v) is 13.4. The predicted octanol–water partition coefficient (Wildman–Crippen LogP) is 3.51. The fourth-order valence-corrected chi connectivity index (χ4v) is 9.45. The average Bonchev–Trinajstić information content (AvgIpc) is 3.71. The lowest BCUT2D eigenvalue weighted by atomic mass is 9.76. The van der Waals surface area contributed by atoms with Gasteiger partial charge in [-0.25, -0.2) is 4.98 Å². The minimum absolute atomic E-state index is 0.0314. The molecule has 1 aliphatic heterocycles. The average molecular weight is 928 g/mol. The first-order valence-electron chi connectivity index (χ1n) is 18.0. The second kappa shape index (κ2) is 18.5. The highest BCUT2D eigenvalue weighted by Crippen LogP contribution is 2.55. The number of allylic oxidation sites excluding steroid dienone is 2. The number of hydrogen-bond acceptors (Lipinski definition) is 14. The van der Waals surface area contributed by atoms with Crippen LogP contribution in [0, 0.1) is 0 Å². The van der Waals surface area contributed by atoms with E-state index in [9.17, 15) is 52.4 Å². The summed E-state index contributed by atoms with van der Waals surface area (Å²) in [5, 5.41) is 7.03. The Balaban J connectivity index is 1.73. The number of anilines is 1. The lowest BCUT2D eigenvalue weighted by molar-refractivity contribution is 0.0947. The number of carbonyl (C=O) groups is 2. The van der Waals surface area contributed by atoms with Gasteiger partial charge in [-0.1, -0.05) is 18.2 Å². The molecule has 0 fully saturated rings. The molecular weight excluding hydrogens is 887 g/mol. The molecule has 2 amide bonds. The van der Waals surface area contributed by atoms with Crippen LogP contribution in [0.3, 0.4) is 0 Å². The van der Waals surface area contributed by atoms with E-state index in [-0.39, 0.29) is 42.8 Å². The van der Waals surface area contributed by atoms with Crippen molar-refractivity contribution in [2.75, 3.05) is 47.5 Å². The van der Waals surface area contributed by atoms with Crippen molar-refractivity contribution in [1.82, 2.24) is 15.6 Å². The van der Waals surface area contributed by atoms with Crippen LogP contribution >= 0.6 is 11.3 Å². The highest BCUT2D eigenvalue weighted by atomic mass is 32.2. The smallest absolute Gasteiger partial charge is 0.269 e. The number of rotatable bonds is 19. The molecule has 1 atom stereocenters. The topological polar surface area (TPSA) is 304 Å². The Kier molecular flexibility index (Phi) is 14.3. The van der Waals surface area contributed by atoms with Crippen LogP contribution < -0.4 is 15.5 Å². The third-order valence-electron chi connectivity index (χ3n) is 9.40. The van der Waals surface area contributed by atoms with Crippen LogP contribution in [0.15, 0.2) is 76.7 Å². The van der Waals surface area contributed by atoms with Crippen LogP contribution in [-0.4, -0.2) is 118 Å². The van der Waals surface area contributed by atoms with Crippen LogP contribution in [0.4, 0.5) is 11.4 Å². The minimum atomic E-state index is -4.46. The van der Waals surface area contributed by atoms with Crippen LogP contribution in [0.2, 0.25) is 0 Å². The highest BCUT2D eigenvalue weighted by molar-refractivity contribution is 7.86. The SMILES string of the molecule is CC1(CCCS(=O)(=O)O)/C(=C\C=N\c2ccccc2)N(CCCS(=O)(=O)O)c2c1cc(-c1cc(C(=O)NCCS(=O)(=O)O)nc(C(=O)NCCS(=O)(=O)O)c1)c1sccc21. The highest BCUT2D eigenvalue weighted by Gasteiger charge is 2.45. The van der Waals surface area contributed by atoms with Gasteiger partial charge in [-0.2, -0.15) is 33.7 Å². The Bertz CT molecular complexity index is 2720. The fraction of sp³-hybridized carbons (Fsp3) is 0.333. The Labute approximate surface area is 350 Å². The van der Waals surface area contributed by atoms with Crippen LogP contribution in [0.25, 0.3) is 21.2 Å². The van der Waals surface area contributed by atoms with Gasteiger partial charge in [-0.15, -0.1) is 11.3 Å². The molecule has 5 rings (SSSR count). The van der Waals surface area contributed by atoms with E-state index >= 15 is 0 Å². The largest absolute Gasteiger partial charge is 0.350 e. The summed E-state index contributed by atoms with van der Waals surface area (Å²) in [5.74, 6) is -4.68. The number of fused-ring (bicyclic) bond motifs is 3. The second-order valence-electron chi connectivity index (χ2n) is 13.9. The third kappa shape index (κ3) is 12.4. The van der Waals surface area contributed by atoms with Gasteiger partial charge in [0.15, 0.2) is 0 Å². The van der Waals surface area contributed by atoms with Crippen molar-refractivity contribution in [2.45, 2.75) is 31.6 Å². The molecule has 0 bridgehead atoms. The van der Waals surface area contributed by atoms with Crippen LogP contribution in [0.5, 0.6) is 0 Å². The summed E-state index contributed by atoms with van der Waals surface area (Å²) in [6.07, 6.45) is 3.31. The molecule has 19 nitrogen and oxygen atoms in total. The number of amides is 2. The molecule has 0 aliphatic carbocycles. The first-order chi connectivity index (χ1) is 27.9. The zero-order valence-corrected chi connectivity index (χ0v) is 35.8. The molecule has 0 radical (unpaired) electrons. The van der Waals surface area contributed by atoms with Gasteiger partial charge in [-0.05, 0) is 85.2 Å². The molecule has 1 unspecified atom stereocenters. The van der Waals surface area contributed by atoms with Gasteiger partial charge in [0, 0.05) is 52.6 Å². The number of aromatic nitrogens is 1. The van der Waals surface area contributed by atoms with Gasteiger partial charge in [0.1, 0.15) is 11.4 Å². The van der Waals surface area contributed by atoms with Crippen molar-refractivity contribution >= 4 is 91.3 Å². The van der Waals surface area contributed by atoms with Gasteiger partial charge in [0.05, 0.1) is 34.4 Å². The van der Waals surface area contributed by atoms with Gasteiger partial charge < -0.3 is 15.5 Å². The van der Waals surface area contributed by atoms with E-state index in [4.69, 9.17) is 9.11 Å². The minimum Gasteiger partial charge on any atom is -0.350 e. The first-order valence-corrected chi connectivity index (χ1v) is 25.3. The lowest BCUT2D eigenvalue weighted by Gasteiger charge is -2.30. The van der Waals surface area contributed by atoms with E-state index in [1.165, 1.54) is 23.5 Å². The maximum Gasteiger partial charge on any atom is 0.269 e. The Morgan fingerprint density at radius 1 is 0.783 bits per heavy atom. The van der Waals surface area contributed by atoms with Crippen molar-refractivity contribution in [1.29, 1.82) is 0 Å². The summed E-state index contributed by atoms with van der Waals surface area (Å²) in [4.78, 5) is 37.2. The molecular formula is C36H41N5O14S5. The van der Waals surface area contributed by atoms with E-state index in [1.54, 1.807) is 54.1 Å². The number of nitrogens with one attached hydrogen (secondary N) is 2. The molecule has 3 heterocycles. The number of thiophene rings is 1. The van der Waals surface area contributed by atoms with E-state index in [2.05, 4.69) is 20.6 Å². The lowest BCUT2D eigenvalue weighted by Crippen LogP contribution is -2.32. The first kappa shape index (κ1) is 46.4. The number of aliphatic imine (C=N–C) groups is 1. The standard InChI is InChI=1S/C36H41N5O14S5/c1-36(11-5-17-57(44,45)46)28-23-27(24-21-29(34(42)38-13-19-59(50,51)52)40-30(22-24)35(43)39-14-20-60(53,54)55)33-26(10-16-56-33)32(28)41(15-6-18-58(47,48)49)31(36)9-12-37-25-7-3-2-4-8-25/h2-4,7-10,12,16,21-23H,5-6,11,13-15,17-20H2,1H3,(H,38,42)(H,39,43)(H,44,45,46)(H,47,48,49)(H,50,51,52)(H,53,54,55)/b31-9+,37-12+. The van der Waals surface area contributed by atoms with Crippen molar-refractivity contribution in [3.63, 3.8) is 0 Å². The van der Waals surface area contributed by atoms with Gasteiger partial charge in [0.2, 0.25) is 0 Å². The molecule has 0 saturated heterocycles. The molecule has 24 heteroatoms. The molecule has 0 spiro atoms. The quantitative estimate of drug-likeness (QED) is 0.0579. The number of para-hydroxylation sites is 1. The van der Waals surface area contributed by atoms with E-state index in [0.29, 0.717) is 38.3 Å². The molecule has 1 aliphatic rings. The molecule has 2 aromatic heterocycles. The second-order valence-corrected chi connectivity index (χ2v) is 21.1. The molecule has 6 N–H and O–H groups in total. The molecule has 324 valence electrons. The molecule has 0 saturated carbocycles. The monoisotopic (exact) mass is 927 g/mol. The summed E-state index contributed by atoms with van der Waals surface area (Å²) < 4.78 is 131. The zero-order chi connectivity index (χ0) is 44.1. The summed E-state index contributed by atoms with van der Waals surface area (Å²) in [7, 11) is -17.7. The van der Waals surface area contributed by atoms with Crippen molar-refractivity contribution in [3.8, 4) is 11.1 Å². The number of carbonyl (C=O) groups excluding carboxylic acids is 2. The van der Waals surface area contributed by atoms with E-state index < -0.39 is 93.8 Å². The summed E-state index contributed by atoms with van der Waals surface area (Å²) in [6, 6.07) is 15.2. The van der Waals surface area contributed by atoms with Gasteiger partial charge >= 0.3 is 0 Å². The van der Waals surface area contributed by atoms with Crippen molar-refractivity contribution in [2.24, 2.45) is 4.99 Å². The van der Waals surface area contributed by atoms with Gasteiger partial charge in [0.25, 0.3) is 52.3 Å². The number of nitrogens with zero attached hydrogens (tertiary/aromatic N) is 3. The predicted molar refractivity (Wildman–Crippen MR) is 227 cm³/mol. The van der Waals surface area contributed by atoms with Gasteiger partial charge in [-0.3, -0.25) is 32.8 Å². The molecule has 4 aromatic rings. The summed E-state index contributed by atoms with van der Waals surface area (Å²) in [6.45, 7) is 0.849. The Morgan fingerprint density at radius 2 is 1.33 bits per heavy atom. The Hall–Kier alpha value is -4.66. The van der Waals surface area contributed by atoms with Crippen LogP contribution in [-0.2, 0) is 45.9 Å². The molecule has 60 heavy (non-hydrogen) atoms. The summed E-state index contributed by atoms with van der Waals surface area (Å²) in [5.41, 5.74) is 1.26.